The van der Waals surface area contributed by atoms with Crippen LogP contribution in [0.25, 0.3) is 0 Å². The molecule has 0 radical (unpaired) electrons. The number of nitrogens with zero attached hydrogens (tertiary/aromatic N) is 2. The summed E-state index contributed by atoms with van der Waals surface area (Å²) in [6.07, 6.45) is -1.10. The Hall–Kier alpha value is -2.45. The molecule has 1 atom stereocenters. The van der Waals surface area contributed by atoms with E-state index in [0.717, 1.165) is 51.6 Å². The monoisotopic (exact) mass is 516 g/mol. The van der Waals surface area contributed by atoms with Crippen molar-refractivity contribution in [3.05, 3.63) is 30.1 Å². The molecule has 4 rings (SSSR count). The van der Waals surface area contributed by atoms with Crippen molar-refractivity contribution >= 4 is 11.9 Å². The van der Waals surface area contributed by atoms with Gasteiger partial charge in [-0.25, -0.2) is 9.59 Å². The van der Waals surface area contributed by atoms with Gasteiger partial charge in [0.15, 0.2) is 0 Å². The van der Waals surface area contributed by atoms with Gasteiger partial charge in [0, 0.05) is 51.7 Å². The summed E-state index contributed by atoms with van der Waals surface area (Å²) >= 11 is 0. The molecular weight excluding hydrogens is 490 g/mol. The van der Waals surface area contributed by atoms with Crippen molar-refractivity contribution in [1.82, 2.24) is 9.88 Å². The number of rotatable bonds is 5. The summed E-state index contributed by atoms with van der Waals surface area (Å²) in [5.74, 6) is -4.66. The van der Waals surface area contributed by atoms with Gasteiger partial charge in [-0.3, -0.25) is 9.88 Å². The Kier molecular flexibility index (Phi) is 9.86. The van der Waals surface area contributed by atoms with Gasteiger partial charge in [0.2, 0.25) is 0 Å². The van der Waals surface area contributed by atoms with Crippen molar-refractivity contribution < 1.29 is 55.6 Å². The van der Waals surface area contributed by atoms with Crippen LogP contribution in [-0.2, 0) is 25.6 Å². The molecule has 3 heterocycles. The highest BCUT2D eigenvalue weighted by atomic mass is 19.4. The highest BCUT2D eigenvalue weighted by Crippen LogP contribution is 2.37. The third-order valence-electron chi connectivity index (χ3n) is 5.35. The topological polar surface area (TPSA) is 109 Å². The number of likely N-dealkylation sites (tertiary alicyclic amines) is 1. The molecule has 1 spiro atoms. The van der Waals surface area contributed by atoms with E-state index in [2.05, 4.69) is 16.0 Å². The second-order valence-electron chi connectivity index (χ2n) is 8.54. The Bertz CT molecular complexity index is 802. The molecule has 3 fully saturated rings. The van der Waals surface area contributed by atoms with E-state index in [9.17, 15) is 26.3 Å². The predicted molar refractivity (Wildman–Crippen MR) is 107 cm³/mol. The summed E-state index contributed by atoms with van der Waals surface area (Å²) in [5, 5.41) is 14.2. The fraction of sp³-hybridized carbons (Fsp3) is 0.667. The number of aromatic nitrogens is 1. The minimum Gasteiger partial charge on any atom is -0.475 e. The van der Waals surface area contributed by atoms with Gasteiger partial charge in [0.05, 0.1) is 11.7 Å². The molecule has 1 saturated carbocycles. The zero-order chi connectivity index (χ0) is 26.3. The van der Waals surface area contributed by atoms with Crippen molar-refractivity contribution in [3.63, 3.8) is 0 Å². The molecule has 2 saturated heterocycles. The van der Waals surface area contributed by atoms with E-state index in [4.69, 9.17) is 29.3 Å². The van der Waals surface area contributed by atoms with Gasteiger partial charge >= 0.3 is 24.3 Å². The van der Waals surface area contributed by atoms with Crippen LogP contribution in [0.3, 0.4) is 0 Å². The molecule has 8 nitrogen and oxygen atoms in total. The maximum absolute atomic E-state index is 10.6. The Balaban J connectivity index is 0.000000257. The summed E-state index contributed by atoms with van der Waals surface area (Å²) in [7, 11) is 0. The van der Waals surface area contributed by atoms with E-state index in [-0.39, 0.29) is 5.60 Å². The lowest BCUT2D eigenvalue weighted by molar-refractivity contribution is -0.199. The highest BCUT2D eigenvalue weighted by Gasteiger charge is 2.47. The third kappa shape index (κ3) is 10.4. The van der Waals surface area contributed by atoms with Crippen LogP contribution in [0.4, 0.5) is 26.3 Å². The lowest BCUT2D eigenvalue weighted by Crippen LogP contribution is -2.65. The smallest absolute Gasteiger partial charge is 0.475 e. The molecule has 1 aromatic heterocycles. The minimum atomic E-state index is -5.08. The summed E-state index contributed by atoms with van der Waals surface area (Å²) in [6, 6.07) is 4.14. The molecule has 3 aliphatic rings. The fourth-order valence-electron chi connectivity index (χ4n) is 3.53. The molecule has 1 aromatic rings. The summed E-state index contributed by atoms with van der Waals surface area (Å²) < 4.78 is 75.6. The summed E-state index contributed by atoms with van der Waals surface area (Å²) in [4.78, 5) is 24.4. The minimum absolute atomic E-state index is 0.0642. The first-order chi connectivity index (χ1) is 16.2. The Morgan fingerprint density at radius 2 is 1.66 bits per heavy atom. The molecule has 1 aliphatic carbocycles. The quantitative estimate of drug-likeness (QED) is 0.573. The third-order valence-corrected chi connectivity index (χ3v) is 5.35. The van der Waals surface area contributed by atoms with E-state index >= 15 is 0 Å². The molecule has 0 bridgehead atoms. The van der Waals surface area contributed by atoms with Crippen molar-refractivity contribution in [1.29, 1.82) is 0 Å². The lowest BCUT2D eigenvalue weighted by Gasteiger charge is -2.53. The van der Waals surface area contributed by atoms with Crippen molar-refractivity contribution in [3.8, 4) is 0 Å². The number of hydrogen-bond donors (Lipinski definition) is 2. The number of halogens is 6. The normalized spacial score (nSPS) is 21.6. The van der Waals surface area contributed by atoms with Crippen LogP contribution in [0.2, 0.25) is 0 Å². The number of hydrogen-bond acceptors (Lipinski definition) is 6. The number of pyridine rings is 1. The first kappa shape index (κ1) is 28.8. The van der Waals surface area contributed by atoms with Gasteiger partial charge < -0.3 is 19.7 Å². The van der Waals surface area contributed by atoms with Gasteiger partial charge in [-0.05, 0) is 36.8 Å². The summed E-state index contributed by atoms with van der Waals surface area (Å²) in [6.45, 7) is 4.87. The molecule has 2 N–H and O–H groups in total. The number of carboxylic acids is 2. The van der Waals surface area contributed by atoms with Crippen LogP contribution < -0.4 is 0 Å². The maximum Gasteiger partial charge on any atom is 0.490 e. The van der Waals surface area contributed by atoms with Crippen molar-refractivity contribution in [2.45, 2.75) is 56.3 Å². The van der Waals surface area contributed by atoms with Crippen LogP contribution in [-0.4, -0.2) is 82.4 Å². The number of aliphatic carboxylic acids is 2. The van der Waals surface area contributed by atoms with Crippen LogP contribution in [0, 0.1) is 5.92 Å². The van der Waals surface area contributed by atoms with Crippen molar-refractivity contribution in [2.75, 3.05) is 26.3 Å². The fourth-order valence-corrected chi connectivity index (χ4v) is 3.53. The second-order valence-corrected chi connectivity index (χ2v) is 8.54. The molecule has 0 amide bonds. The molecule has 35 heavy (non-hydrogen) atoms. The van der Waals surface area contributed by atoms with E-state index in [1.54, 1.807) is 0 Å². The first-order valence-electron chi connectivity index (χ1n) is 10.7. The molecule has 14 heteroatoms. The van der Waals surface area contributed by atoms with Gasteiger partial charge in [0.1, 0.15) is 0 Å². The largest absolute Gasteiger partial charge is 0.490 e. The molecule has 1 unspecified atom stereocenters. The zero-order valence-electron chi connectivity index (χ0n) is 18.5. The van der Waals surface area contributed by atoms with Gasteiger partial charge in [-0.15, -0.1) is 0 Å². The van der Waals surface area contributed by atoms with E-state index < -0.39 is 24.3 Å². The summed E-state index contributed by atoms with van der Waals surface area (Å²) in [5.41, 5.74) is 1.35. The zero-order valence-corrected chi connectivity index (χ0v) is 18.5. The maximum atomic E-state index is 10.6. The molecule has 2 aliphatic heterocycles. The number of carbonyl (C=O) groups is 2. The van der Waals surface area contributed by atoms with Gasteiger partial charge in [-0.1, -0.05) is 6.07 Å². The van der Waals surface area contributed by atoms with Crippen LogP contribution >= 0.6 is 0 Å². The lowest BCUT2D eigenvalue weighted by atomic mass is 9.84. The number of carboxylic acid groups (broad SMARTS) is 2. The van der Waals surface area contributed by atoms with Crippen LogP contribution in [0.1, 0.15) is 31.2 Å². The average molecular weight is 516 g/mol. The predicted octanol–water partition coefficient (Wildman–Crippen LogP) is 3.51. The SMILES string of the molecule is O=C(O)C(F)(F)F.O=C(O)C(F)(F)F.c1cncc(CN2CC3(CC(OCC4CC4)CCO3)C2)c1. The van der Waals surface area contributed by atoms with E-state index in [1.807, 2.05) is 18.5 Å². The van der Waals surface area contributed by atoms with Crippen molar-refractivity contribution in [2.24, 2.45) is 5.92 Å². The van der Waals surface area contributed by atoms with Crippen LogP contribution in [0.15, 0.2) is 24.5 Å². The Morgan fingerprint density at radius 3 is 2.11 bits per heavy atom. The van der Waals surface area contributed by atoms with E-state index in [0.29, 0.717) is 6.10 Å². The molecular formula is C21H26F6N2O6. The standard InChI is InChI=1S/C17H24N2O2.2C2HF3O2/c1-2-15(9-18-6-1)10-19-12-17(13-19)8-16(5-7-21-17)20-11-14-3-4-14;2*3-2(4,5)1(6)7/h1-2,6,9,14,16H,3-5,7-8,10-13H2;2*(H,6,7). The number of alkyl halides is 6. The second kappa shape index (κ2) is 12.0. The van der Waals surface area contributed by atoms with Gasteiger partial charge in [-0.2, -0.15) is 26.3 Å². The van der Waals surface area contributed by atoms with Gasteiger partial charge in [0.25, 0.3) is 0 Å². The highest BCUT2D eigenvalue weighted by molar-refractivity contribution is 5.73. The van der Waals surface area contributed by atoms with Crippen LogP contribution in [0.5, 0.6) is 0 Å². The Morgan fingerprint density at radius 1 is 1.09 bits per heavy atom. The average Bonchev–Trinajstić information content (AvgIpc) is 3.56. The molecule has 198 valence electrons. The van der Waals surface area contributed by atoms with E-state index in [1.165, 1.54) is 18.4 Å². The first-order valence-corrected chi connectivity index (χ1v) is 10.7. The Labute approximate surface area is 196 Å². The molecule has 0 aromatic carbocycles. The number of ether oxygens (including phenoxy) is 2.